The zero-order chi connectivity index (χ0) is 79.2. The maximum Gasteiger partial charge on any atom is 0.182 e. The van der Waals surface area contributed by atoms with Crippen molar-refractivity contribution in [2.45, 2.75) is 109 Å². The van der Waals surface area contributed by atoms with Gasteiger partial charge in [0.05, 0.1) is 0 Å². The van der Waals surface area contributed by atoms with Crippen LogP contribution >= 0.6 is 0 Å². The summed E-state index contributed by atoms with van der Waals surface area (Å²) in [5.74, 6) is 0. The van der Waals surface area contributed by atoms with Crippen molar-refractivity contribution in [3.8, 4) is 77.9 Å². The molecule has 7 aliphatic rings. The first-order valence-electron chi connectivity index (χ1n) is 41.3. The minimum atomic E-state index is -2.29. The van der Waals surface area contributed by atoms with Crippen LogP contribution in [0.5, 0.6) is 0 Å². The van der Waals surface area contributed by atoms with Crippen LogP contribution < -0.4 is 72.6 Å². The molecule has 4 heteroatoms. The van der Waals surface area contributed by atoms with Crippen LogP contribution in [0.1, 0.15) is 88.0 Å². The van der Waals surface area contributed by atoms with E-state index in [4.69, 9.17) is 0 Å². The molecule has 0 nitrogen and oxygen atoms in total. The van der Waals surface area contributed by atoms with Gasteiger partial charge in [-0.05, 0) is 231 Å². The summed E-state index contributed by atoms with van der Waals surface area (Å²) in [5, 5.41) is 21.7. The summed E-state index contributed by atoms with van der Waals surface area (Å²) < 4.78 is 0. The Morgan fingerprint density at radius 3 is 0.690 bits per heavy atom. The molecule has 0 atom stereocenters. The van der Waals surface area contributed by atoms with Crippen molar-refractivity contribution in [3.63, 3.8) is 0 Å². The summed E-state index contributed by atoms with van der Waals surface area (Å²) in [4.78, 5) is 0. The standard InChI is InChI=1S/2C26H20Si.C26H22Si.C17H18.C16H18Si.CH4/c1-17-11-13-25-21(15-17)22-16-18(2)12-14-26(22)27(25)23-9-5-3-7-19(23)20-8-4-6-10-24(20)27;1-17-11-13-21-22-14-12-18(2)16-26(22)27(25(21)15-17)23-9-5-3-7-19(23)20-8-4-6-10-24(20)27;1-19-13-15-23-24-16-14-20(2)18-26(24)27(25(23)17-19,21-9-5-3-6-10-21)22-11-7-4-8-12-22;1-11-5-7-15-13(9-11)14-10-12(2)6-8-16(14)17(15,3)4;1-11-5-7-13-14-8-6-12(2)10-16(14)17(3,4)15(13)9-11;/h2*3-16H,1-2H3;3-18H,1-2H3;2*5-10H,1-4H3;1H4. The highest BCUT2D eigenvalue weighted by atomic mass is 28.3. The molecule has 6 heterocycles. The van der Waals surface area contributed by atoms with Gasteiger partial charge >= 0.3 is 0 Å². The molecule has 0 fully saturated rings. The highest BCUT2D eigenvalue weighted by molar-refractivity contribution is 7.25. The van der Waals surface area contributed by atoms with Crippen LogP contribution in [0, 0.1) is 69.2 Å². The van der Waals surface area contributed by atoms with E-state index in [0.717, 1.165) is 0 Å². The molecule has 0 unspecified atom stereocenters. The summed E-state index contributed by atoms with van der Waals surface area (Å²) in [7, 11) is -8.15. The summed E-state index contributed by atoms with van der Waals surface area (Å²) in [6, 6.07) is 129. The number of hydrogen-bond acceptors (Lipinski definition) is 0. The first-order valence-corrected chi connectivity index (χ1v) is 50.3. The van der Waals surface area contributed by atoms with E-state index in [9.17, 15) is 0 Å². The molecule has 0 saturated carbocycles. The van der Waals surface area contributed by atoms with Crippen LogP contribution in [0.4, 0.5) is 0 Å². The van der Waals surface area contributed by atoms with Gasteiger partial charge in [0.1, 0.15) is 8.07 Å². The summed E-state index contributed by atoms with van der Waals surface area (Å²) in [6.07, 6.45) is 0. The SMILES string of the molecule is C.Cc1ccc2c(c1)-c1cc(C)ccc1C2(C)C.Cc1ccc2c(c1)-c1cc(C)ccc1[Si]21c2ccccc2-c2ccccc21.Cc1ccc2c(c1)[Si](C)(C)c1cc(C)ccc1-2.Cc1ccc2c(c1)[Si](c1ccccc1)(c1ccccc1)c1cc(C)ccc1-2.Cc1ccc2c(c1)[Si]1(c3ccccc3-c3ccccc31)c1cc(C)ccc1-2. The van der Waals surface area contributed by atoms with Gasteiger partial charge < -0.3 is 0 Å². The molecule has 0 aromatic heterocycles. The van der Waals surface area contributed by atoms with Gasteiger partial charge in [0.25, 0.3) is 0 Å². The lowest BCUT2D eigenvalue weighted by atomic mass is 9.82. The lowest BCUT2D eigenvalue weighted by Gasteiger charge is -2.31. The maximum atomic E-state index is 2.47. The van der Waals surface area contributed by atoms with E-state index in [1.165, 1.54) is 165 Å². The Balaban J connectivity index is 0.000000102. The molecule has 566 valence electrons. The predicted molar refractivity (Wildman–Crippen MR) is 512 cm³/mol. The molecule has 6 aliphatic heterocycles. The van der Waals surface area contributed by atoms with Gasteiger partial charge in [0, 0.05) is 5.41 Å². The lowest BCUT2D eigenvalue weighted by Crippen LogP contribution is -2.72. The van der Waals surface area contributed by atoms with E-state index >= 15 is 0 Å². The van der Waals surface area contributed by atoms with Crippen molar-refractivity contribution < 1.29 is 0 Å². The second kappa shape index (κ2) is 28.7. The first-order chi connectivity index (χ1) is 55.6. The molecule has 1 aliphatic carbocycles. The quantitative estimate of drug-likeness (QED) is 0.151. The van der Waals surface area contributed by atoms with Crippen molar-refractivity contribution in [1.82, 2.24) is 0 Å². The van der Waals surface area contributed by atoms with Crippen LogP contribution in [-0.2, 0) is 5.41 Å². The molecule has 16 aromatic rings. The number of fused-ring (bicyclic) bond motifs is 29. The Kier molecular flexibility index (Phi) is 18.7. The molecule has 16 aromatic carbocycles. The van der Waals surface area contributed by atoms with Crippen molar-refractivity contribution in [1.29, 1.82) is 0 Å². The van der Waals surface area contributed by atoms with Gasteiger partial charge in [-0.2, -0.15) is 0 Å². The topological polar surface area (TPSA) is 0 Å². The fraction of sp³-hybridized carbons (Fsp3) is 0.143. The molecule has 116 heavy (non-hydrogen) atoms. The molecule has 0 N–H and O–H groups in total. The zero-order valence-electron chi connectivity index (χ0n) is 68.8. The zero-order valence-corrected chi connectivity index (χ0v) is 72.8. The van der Waals surface area contributed by atoms with E-state index in [1.54, 1.807) is 51.9 Å². The average Bonchev–Trinajstić information content (AvgIpc) is 1.51. The van der Waals surface area contributed by atoms with Gasteiger partial charge in [-0.15, -0.1) is 0 Å². The highest BCUT2D eigenvalue weighted by Crippen LogP contribution is 2.49. The third-order valence-electron chi connectivity index (χ3n) is 26.6. The largest absolute Gasteiger partial charge is 0.182 e. The first kappa shape index (κ1) is 75.7. The minimum absolute atomic E-state index is 0. The molecule has 0 amide bonds. The van der Waals surface area contributed by atoms with Crippen molar-refractivity contribution in [3.05, 3.63) is 406 Å². The van der Waals surface area contributed by atoms with E-state index in [0.29, 0.717) is 0 Å². The van der Waals surface area contributed by atoms with Crippen molar-refractivity contribution in [2.75, 3.05) is 0 Å². The third-order valence-corrected chi connectivity index (χ3v) is 44.9. The van der Waals surface area contributed by atoms with Crippen molar-refractivity contribution in [2.24, 2.45) is 0 Å². The van der Waals surface area contributed by atoms with E-state index in [1.807, 2.05) is 0 Å². The number of aryl methyl sites for hydroxylation is 10. The van der Waals surface area contributed by atoms with Crippen molar-refractivity contribution >= 4 is 105 Å². The summed E-state index contributed by atoms with van der Waals surface area (Å²) in [5.41, 5.74) is 36.7. The van der Waals surface area contributed by atoms with Crippen LogP contribution in [0.2, 0.25) is 13.1 Å². The predicted octanol–water partition coefficient (Wildman–Crippen LogP) is 19.3. The lowest BCUT2D eigenvalue weighted by molar-refractivity contribution is 0.660. The van der Waals surface area contributed by atoms with Gasteiger partial charge in [0.2, 0.25) is 0 Å². The number of rotatable bonds is 2. The Morgan fingerprint density at radius 2 is 0.379 bits per heavy atom. The number of benzene rings is 16. The van der Waals surface area contributed by atoms with Crippen LogP contribution in [-0.4, -0.2) is 32.3 Å². The van der Waals surface area contributed by atoms with E-state index in [2.05, 4.69) is 436 Å². The molecule has 0 radical (unpaired) electrons. The molecular weight excluding hydrogens is 1460 g/mol. The molecular formula is C112H102Si4. The van der Waals surface area contributed by atoms with Gasteiger partial charge in [0.15, 0.2) is 24.2 Å². The second-order valence-electron chi connectivity index (χ2n) is 34.9. The Morgan fingerprint density at radius 1 is 0.172 bits per heavy atom. The highest BCUT2D eigenvalue weighted by Gasteiger charge is 2.56. The third kappa shape index (κ3) is 11.5. The maximum absolute atomic E-state index is 2.47. The monoisotopic (exact) mass is 1560 g/mol. The average molecular weight is 1560 g/mol. The molecule has 23 rings (SSSR count). The Bertz CT molecular complexity index is 6170. The van der Waals surface area contributed by atoms with Crippen LogP contribution in [0.15, 0.2) is 340 Å². The normalized spacial score (nSPS) is 14.6. The second-order valence-corrected chi connectivity index (χ2v) is 50.3. The summed E-state index contributed by atoms with van der Waals surface area (Å²) in [6.45, 7) is 31.6. The fourth-order valence-electron chi connectivity index (χ4n) is 21.4. The molecule has 0 saturated heterocycles. The van der Waals surface area contributed by atoms with Gasteiger partial charge in [-0.1, -0.05) is 430 Å². The van der Waals surface area contributed by atoms with E-state index < -0.39 is 32.3 Å². The number of hydrogen-bond donors (Lipinski definition) is 0. The van der Waals surface area contributed by atoms with Gasteiger partial charge in [-0.25, -0.2) is 0 Å². The Hall–Kier alpha value is -11.6. The smallest absolute Gasteiger partial charge is 0.0776 e. The summed E-state index contributed by atoms with van der Waals surface area (Å²) >= 11 is 0. The minimum Gasteiger partial charge on any atom is -0.0776 e. The van der Waals surface area contributed by atoms with Crippen LogP contribution in [0.25, 0.3) is 77.9 Å². The van der Waals surface area contributed by atoms with E-state index in [-0.39, 0.29) is 12.8 Å². The van der Waals surface area contributed by atoms with Crippen LogP contribution in [0.3, 0.4) is 0 Å². The fourth-order valence-corrected chi connectivity index (χ4v) is 41.4. The molecule has 2 spiro atoms. The molecule has 0 bridgehead atoms. The van der Waals surface area contributed by atoms with Gasteiger partial charge in [-0.3, -0.25) is 0 Å². The Labute approximate surface area is 693 Å².